The SMILES string of the molecule is CCC(=Nn1cnnc1)c1ccc(O)cc1. The van der Waals surface area contributed by atoms with Crippen molar-refractivity contribution in [3.05, 3.63) is 42.5 Å². The van der Waals surface area contributed by atoms with Gasteiger partial charge in [0.05, 0.1) is 5.71 Å². The Kier molecular flexibility index (Phi) is 2.95. The van der Waals surface area contributed by atoms with Crippen molar-refractivity contribution in [2.24, 2.45) is 5.10 Å². The Hall–Kier alpha value is -2.17. The molecule has 1 aromatic carbocycles. The first kappa shape index (κ1) is 10.4. The van der Waals surface area contributed by atoms with E-state index in [0.29, 0.717) is 0 Å². The molecular weight excluding hydrogens is 204 g/mol. The summed E-state index contributed by atoms with van der Waals surface area (Å²) in [5.41, 5.74) is 1.90. The van der Waals surface area contributed by atoms with Gasteiger partial charge in [0.15, 0.2) is 0 Å². The summed E-state index contributed by atoms with van der Waals surface area (Å²) in [4.78, 5) is 0. The van der Waals surface area contributed by atoms with Crippen LogP contribution < -0.4 is 0 Å². The molecule has 0 bridgehead atoms. The summed E-state index contributed by atoms with van der Waals surface area (Å²) in [6.45, 7) is 2.02. The molecule has 1 aromatic heterocycles. The minimum absolute atomic E-state index is 0.253. The fourth-order valence-corrected chi connectivity index (χ4v) is 1.37. The van der Waals surface area contributed by atoms with Crippen LogP contribution in [0.25, 0.3) is 0 Å². The van der Waals surface area contributed by atoms with Crippen LogP contribution in [0.2, 0.25) is 0 Å². The summed E-state index contributed by atoms with van der Waals surface area (Å²) >= 11 is 0. The minimum Gasteiger partial charge on any atom is -0.508 e. The highest BCUT2D eigenvalue weighted by atomic mass is 16.3. The van der Waals surface area contributed by atoms with Crippen molar-refractivity contribution in [3.63, 3.8) is 0 Å². The first-order chi connectivity index (χ1) is 7.79. The van der Waals surface area contributed by atoms with Crippen LogP contribution in [-0.2, 0) is 0 Å². The second-order valence-corrected chi connectivity index (χ2v) is 3.29. The molecule has 0 aliphatic heterocycles. The Bertz CT molecular complexity index is 473. The highest BCUT2D eigenvalue weighted by molar-refractivity contribution is 6.00. The number of rotatable bonds is 3. The lowest BCUT2D eigenvalue weighted by molar-refractivity contribution is 0.475. The van der Waals surface area contributed by atoms with Crippen LogP contribution >= 0.6 is 0 Å². The van der Waals surface area contributed by atoms with E-state index < -0.39 is 0 Å². The molecule has 5 nitrogen and oxygen atoms in total. The van der Waals surface area contributed by atoms with Gasteiger partial charge in [-0.1, -0.05) is 6.92 Å². The predicted octanol–water partition coefficient (Wildman–Crippen LogP) is 1.65. The van der Waals surface area contributed by atoms with Crippen LogP contribution in [0.15, 0.2) is 42.0 Å². The van der Waals surface area contributed by atoms with Gasteiger partial charge in [-0.05, 0) is 36.2 Å². The summed E-state index contributed by atoms with van der Waals surface area (Å²) < 4.78 is 1.56. The summed E-state index contributed by atoms with van der Waals surface area (Å²) in [5, 5.41) is 20.9. The quantitative estimate of drug-likeness (QED) is 0.793. The summed E-state index contributed by atoms with van der Waals surface area (Å²) in [7, 11) is 0. The molecule has 1 N–H and O–H groups in total. The number of nitrogens with zero attached hydrogens (tertiary/aromatic N) is 4. The second-order valence-electron chi connectivity index (χ2n) is 3.29. The molecule has 0 saturated heterocycles. The normalized spacial score (nSPS) is 11.7. The van der Waals surface area contributed by atoms with Gasteiger partial charge in [0.1, 0.15) is 18.4 Å². The zero-order valence-corrected chi connectivity index (χ0v) is 8.91. The van der Waals surface area contributed by atoms with Crippen LogP contribution in [0.1, 0.15) is 18.9 Å². The molecule has 0 fully saturated rings. The fraction of sp³-hybridized carbons (Fsp3) is 0.182. The first-order valence-corrected chi connectivity index (χ1v) is 5.01. The Labute approximate surface area is 93.1 Å². The first-order valence-electron chi connectivity index (χ1n) is 5.01. The molecular formula is C11H12N4O. The molecule has 0 aliphatic rings. The molecule has 2 aromatic rings. The van der Waals surface area contributed by atoms with Crippen LogP contribution in [0.5, 0.6) is 5.75 Å². The monoisotopic (exact) mass is 216 g/mol. The molecule has 16 heavy (non-hydrogen) atoms. The van der Waals surface area contributed by atoms with E-state index in [9.17, 15) is 5.11 Å². The van der Waals surface area contributed by atoms with Gasteiger partial charge in [0.25, 0.3) is 0 Å². The van der Waals surface area contributed by atoms with E-state index in [4.69, 9.17) is 0 Å². The molecule has 0 atom stereocenters. The Morgan fingerprint density at radius 3 is 2.44 bits per heavy atom. The van der Waals surface area contributed by atoms with Gasteiger partial charge in [-0.15, -0.1) is 10.2 Å². The topological polar surface area (TPSA) is 63.3 Å². The molecule has 1 heterocycles. The standard InChI is InChI=1S/C11H12N4O/c1-2-11(14-15-7-12-13-8-15)9-3-5-10(16)6-4-9/h3-8,16H,2H2,1H3. The summed E-state index contributed by atoms with van der Waals surface area (Å²) in [6.07, 6.45) is 3.87. The van der Waals surface area contributed by atoms with Crippen molar-refractivity contribution in [2.45, 2.75) is 13.3 Å². The lowest BCUT2D eigenvalue weighted by Crippen LogP contribution is -2.01. The lowest BCUT2D eigenvalue weighted by Gasteiger charge is -2.03. The smallest absolute Gasteiger partial charge is 0.141 e. The zero-order chi connectivity index (χ0) is 11.4. The van der Waals surface area contributed by atoms with E-state index in [0.717, 1.165) is 17.7 Å². The molecule has 0 unspecified atom stereocenters. The maximum absolute atomic E-state index is 9.20. The van der Waals surface area contributed by atoms with Crippen LogP contribution in [0, 0.1) is 0 Å². The lowest BCUT2D eigenvalue weighted by atomic mass is 10.1. The average Bonchev–Trinajstić information content (AvgIpc) is 2.80. The predicted molar refractivity (Wildman–Crippen MR) is 60.4 cm³/mol. The second kappa shape index (κ2) is 4.57. The fourth-order valence-electron chi connectivity index (χ4n) is 1.37. The molecule has 0 amide bonds. The highest BCUT2D eigenvalue weighted by Crippen LogP contribution is 2.12. The molecule has 2 rings (SSSR count). The van der Waals surface area contributed by atoms with Crippen LogP contribution in [0.4, 0.5) is 0 Å². The molecule has 0 saturated carbocycles. The molecule has 0 aliphatic carbocycles. The van der Waals surface area contributed by atoms with Crippen molar-refractivity contribution >= 4 is 5.71 Å². The summed E-state index contributed by atoms with van der Waals surface area (Å²) in [5.74, 6) is 0.253. The third-order valence-electron chi connectivity index (χ3n) is 2.18. The van der Waals surface area contributed by atoms with Crippen molar-refractivity contribution < 1.29 is 5.11 Å². The van der Waals surface area contributed by atoms with Gasteiger partial charge in [-0.3, -0.25) is 0 Å². The Morgan fingerprint density at radius 2 is 1.88 bits per heavy atom. The molecule has 0 spiro atoms. The van der Waals surface area contributed by atoms with E-state index >= 15 is 0 Å². The van der Waals surface area contributed by atoms with Gasteiger partial charge < -0.3 is 5.11 Å². The van der Waals surface area contributed by atoms with E-state index in [1.807, 2.05) is 19.1 Å². The molecule has 5 heteroatoms. The maximum Gasteiger partial charge on any atom is 0.141 e. The average molecular weight is 216 g/mol. The minimum atomic E-state index is 0.253. The van der Waals surface area contributed by atoms with Gasteiger partial charge in [-0.25, -0.2) is 4.68 Å². The van der Waals surface area contributed by atoms with E-state index in [1.54, 1.807) is 16.8 Å². The number of hydrogen-bond acceptors (Lipinski definition) is 4. The number of phenolic OH excluding ortho intramolecular Hbond substituents is 1. The third-order valence-corrected chi connectivity index (χ3v) is 2.18. The number of phenols is 1. The van der Waals surface area contributed by atoms with Crippen molar-refractivity contribution in [1.29, 1.82) is 0 Å². The number of hydrogen-bond donors (Lipinski definition) is 1. The van der Waals surface area contributed by atoms with Crippen molar-refractivity contribution in [3.8, 4) is 5.75 Å². The van der Waals surface area contributed by atoms with Crippen molar-refractivity contribution in [1.82, 2.24) is 14.9 Å². The van der Waals surface area contributed by atoms with E-state index in [2.05, 4.69) is 15.3 Å². The number of aromatic nitrogens is 3. The number of benzene rings is 1. The number of aromatic hydroxyl groups is 1. The van der Waals surface area contributed by atoms with Crippen molar-refractivity contribution in [2.75, 3.05) is 0 Å². The largest absolute Gasteiger partial charge is 0.508 e. The van der Waals surface area contributed by atoms with Gasteiger partial charge in [0.2, 0.25) is 0 Å². The van der Waals surface area contributed by atoms with E-state index in [1.165, 1.54) is 12.7 Å². The Morgan fingerprint density at radius 1 is 1.25 bits per heavy atom. The van der Waals surface area contributed by atoms with Gasteiger partial charge >= 0.3 is 0 Å². The highest BCUT2D eigenvalue weighted by Gasteiger charge is 2.01. The molecule has 0 radical (unpaired) electrons. The third kappa shape index (κ3) is 2.25. The molecule has 82 valence electrons. The zero-order valence-electron chi connectivity index (χ0n) is 8.91. The Balaban J connectivity index is 2.32. The van der Waals surface area contributed by atoms with Crippen LogP contribution in [0.3, 0.4) is 0 Å². The maximum atomic E-state index is 9.20. The van der Waals surface area contributed by atoms with Crippen LogP contribution in [-0.4, -0.2) is 25.7 Å². The van der Waals surface area contributed by atoms with Gasteiger partial charge in [0, 0.05) is 0 Å². The van der Waals surface area contributed by atoms with Gasteiger partial charge in [-0.2, -0.15) is 5.10 Å². The summed E-state index contributed by atoms with van der Waals surface area (Å²) in [6, 6.07) is 6.96. The van der Waals surface area contributed by atoms with E-state index in [-0.39, 0.29) is 5.75 Å².